The smallest absolute Gasteiger partial charge is 0.272 e. The summed E-state index contributed by atoms with van der Waals surface area (Å²) in [6.45, 7) is 1.04. The van der Waals surface area contributed by atoms with Crippen LogP contribution in [0, 0.1) is 15.9 Å². The fourth-order valence-corrected chi connectivity index (χ4v) is 1.95. The summed E-state index contributed by atoms with van der Waals surface area (Å²) in [7, 11) is 0. The van der Waals surface area contributed by atoms with Gasteiger partial charge in [0.1, 0.15) is 0 Å². The van der Waals surface area contributed by atoms with Gasteiger partial charge in [-0.3, -0.25) is 10.1 Å². The lowest BCUT2D eigenvalue weighted by Crippen LogP contribution is -2.04. The molecule has 6 heteroatoms. The van der Waals surface area contributed by atoms with E-state index < -0.39 is 10.7 Å². The summed E-state index contributed by atoms with van der Waals surface area (Å²) in [6.07, 6.45) is 0.824. The standard InChI is InChI=1S/C15H16FN3O2/c16-14-9-13(19(20)21)5-6-15(14)18-10-12-3-1-11(2-4-12)7-8-17/h1-6,9,18H,7-8,10,17H2. The van der Waals surface area contributed by atoms with E-state index in [1.807, 2.05) is 24.3 Å². The fraction of sp³-hybridized carbons (Fsp3) is 0.200. The van der Waals surface area contributed by atoms with Crippen LogP contribution in [-0.2, 0) is 13.0 Å². The maximum atomic E-state index is 13.7. The second-order valence-electron chi connectivity index (χ2n) is 4.63. The Morgan fingerprint density at radius 2 is 1.81 bits per heavy atom. The summed E-state index contributed by atoms with van der Waals surface area (Å²) < 4.78 is 13.7. The lowest BCUT2D eigenvalue weighted by Gasteiger charge is -2.08. The monoisotopic (exact) mass is 289 g/mol. The van der Waals surface area contributed by atoms with Gasteiger partial charge in [-0.2, -0.15) is 0 Å². The van der Waals surface area contributed by atoms with Crippen molar-refractivity contribution in [3.63, 3.8) is 0 Å². The molecule has 0 bridgehead atoms. The van der Waals surface area contributed by atoms with E-state index in [0.29, 0.717) is 13.1 Å². The minimum Gasteiger partial charge on any atom is -0.379 e. The molecule has 0 atom stereocenters. The van der Waals surface area contributed by atoms with Crippen LogP contribution in [0.4, 0.5) is 15.8 Å². The van der Waals surface area contributed by atoms with Crippen molar-refractivity contribution in [3.05, 3.63) is 69.5 Å². The van der Waals surface area contributed by atoms with Crippen molar-refractivity contribution in [2.45, 2.75) is 13.0 Å². The molecule has 0 aliphatic carbocycles. The summed E-state index contributed by atoms with van der Waals surface area (Å²) >= 11 is 0. The number of nitrogens with two attached hydrogens (primary N) is 1. The number of hydrogen-bond acceptors (Lipinski definition) is 4. The number of anilines is 1. The molecule has 0 saturated carbocycles. The first kappa shape index (κ1) is 14.9. The Labute approximate surface area is 121 Å². The van der Waals surface area contributed by atoms with Crippen LogP contribution in [0.1, 0.15) is 11.1 Å². The molecule has 2 aromatic rings. The summed E-state index contributed by atoms with van der Waals surface area (Å²) in [5.74, 6) is -0.635. The van der Waals surface area contributed by atoms with Gasteiger partial charge in [-0.05, 0) is 30.2 Å². The normalized spacial score (nSPS) is 10.4. The Kier molecular flexibility index (Phi) is 4.84. The molecule has 2 rings (SSSR count). The van der Waals surface area contributed by atoms with Crippen LogP contribution >= 0.6 is 0 Å². The Morgan fingerprint density at radius 3 is 2.38 bits per heavy atom. The predicted octanol–water partition coefficient (Wildman–Crippen LogP) is 2.85. The van der Waals surface area contributed by atoms with Crippen LogP contribution in [0.25, 0.3) is 0 Å². The van der Waals surface area contributed by atoms with Crippen LogP contribution in [0.5, 0.6) is 0 Å². The topological polar surface area (TPSA) is 81.2 Å². The molecule has 0 unspecified atom stereocenters. The van der Waals surface area contributed by atoms with E-state index >= 15 is 0 Å². The Balaban J connectivity index is 2.01. The van der Waals surface area contributed by atoms with Crippen molar-refractivity contribution in [1.29, 1.82) is 0 Å². The molecule has 5 nitrogen and oxygen atoms in total. The number of benzene rings is 2. The molecule has 0 saturated heterocycles. The third-order valence-electron chi connectivity index (χ3n) is 3.10. The van der Waals surface area contributed by atoms with Crippen molar-refractivity contribution < 1.29 is 9.31 Å². The number of nitro benzene ring substituents is 1. The van der Waals surface area contributed by atoms with Gasteiger partial charge < -0.3 is 11.1 Å². The average Bonchev–Trinajstić information content (AvgIpc) is 2.47. The molecule has 0 fully saturated rings. The first-order chi connectivity index (χ1) is 10.1. The van der Waals surface area contributed by atoms with Crippen LogP contribution < -0.4 is 11.1 Å². The van der Waals surface area contributed by atoms with Gasteiger partial charge >= 0.3 is 0 Å². The van der Waals surface area contributed by atoms with Gasteiger partial charge in [0.25, 0.3) is 5.69 Å². The molecule has 0 aliphatic rings. The number of hydrogen-bond donors (Lipinski definition) is 2. The summed E-state index contributed by atoms with van der Waals surface area (Å²) in [6, 6.07) is 11.4. The molecule has 0 spiro atoms. The summed E-state index contributed by atoms with van der Waals surface area (Å²) in [4.78, 5) is 9.92. The predicted molar refractivity (Wildman–Crippen MR) is 79.6 cm³/mol. The van der Waals surface area contributed by atoms with E-state index in [2.05, 4.69) is 5.32 Å². The summed E-state index contributed by atoms with van der Waals surface area (Å²) in [5, 5.41) is 13.5. The highest BCUT2D eigenvalue weighted by Crippen LogP contribution is 2.21. The third kappa shape index (κ3) is 4.00. The molecule has 110 valence electrons. The van der Waals surface area contributed by atoms with E-state index in [-0.39, 0.29) is 11.4 Å². The van der Waals surface area contributed by atoms with E-state index in [4.69, 9.17) is 5.73 Å². The van der Waals surface area contributed by atoms with Gasteiger partial charge in [0, 0.05) is 12.6 Å². The van der Waals surface area contributed by atoms with E-state index in [0.717, 1.165) is 23.6 Å². The van der Waals surface area contributed by atoms with Crippen LogP contribution in [0.2, 0.25) is 0 Å². The van der Waals surface area contributed by atoms with Gasteiger partial charge in [0.05, 0.1) is 16.7 Å². The van der Waals surface area contributed by atoms with Crippen molar-refractivity contribution >= 4 is 11.4 Å². The quantitative estimate of drug-likeness (QED) is 0.633. The molecular weight excluding hydrogens is 273 g/mol. The van der Waals surface area contributed by atoms with E-state index in [1.54, 1.807) is 0 Å². The number of nitrogens with zero attached hydrogens (tertiary/aromatic N) is 1. The zero-order valence-corrected chi connectivity index (χ0v) is 11.4. The first-order valence-corrected chi connectivity index (χ1v) is 6.56. The average molecular weight is 289 g/mol. The Hall–Kier alpha value is -2.47. The SMILES string of the molecule is NCCc1ccc(CNc2ccc([N+](=O)[O-])cc2F)cc1. The maximum absolute atomic E-state index is 13.7. The fourth-order valence-electron chi connectivity index (χ4n) is 1.95. The molecule has 0 aromatic heterocycles. The highest BCUT2D eigenvalue weighted by atomic mass is 19.1. The molecule has 0 heterocycles. The Bertz CT molecular complexity index is 629. The van der Waals surface area contributed by atoms with Gasteiger partial charge in [-0.25, -0.2) is 4.39 Å². The van der Waals surface area contributed by atoms with E-state index in [1.165, 1.54) is 12.1 Å². The minimum absolute atomic E-state index is 0.242. The highest BCUT2D eigenvalue weighted by molar-refractivity contribution is 5.50. The number of nitrogens with one attached hydrogen (secondary N) is 1. The van der Waals surface area contributed by atoms with Gasteiger partial charge in [-0.1, -0.05) is 24.3 Å². The van der Waals surface area contributed by atoms with Crippen molar-refractivity contribution in [3.8, 4) is 0 Å². The first-order valence-electron chi connectivity index (χ1n) is 6.56. The molecule has 3 N–H and O–H groups in total. The second-order valence-corrected chi connectivity index (χ2v) is 4.63. The summed E-state index contributed by atoms with van der Waals surface area (Å²) in [5.41, 5.74) is 7.61. The maximum Gasteiger partial charge on any atom is 0.272 e. The van der Waals surface area contributed by atoms with Gasteiger partial charge in [0.2, 0.25) is 0 Å². The van der Waals surface area contributed by atoms with Gasteiger partial charge in [-0.15, -0.1) is 0 Å². The molecule has 0 amide bonds. The number of nitro groups is 1. The van der Waals surface area contributed by atoms with Gasteiger partial charge in [0.15, 0.2) is 5.82 Å². The largest absolute Gasteiger partial charge is 0.379 e. The molecular formula is C15H16FN3O2. The third-order valence-corrected chi connectivity index (χ3v) is 3.10. The minimum atomic E-state index is -0.635. The van der Waals surface area contributed by atoms with Crippen LogP contribution in [-0.4, -0.2) is 11.5 Å². The van der Waals surface area contributed by atoms with Crippen molar-refractivity contribution in [2.75, 3.05) is 11.9 Å². The lowest BCUT2D eigenvalue weighted by atomic mass is 10.1. The zero-order chi connectivity index (χ0) is 15.2. The lowest BCUT2D eigenvalue weighted by molar-refractivity contribution is -0.385. The number of halogens is 1. The Morgan fingerprint density at radius 1 is 1.14 bits per heavy atom. The number of non-ortho nitro benzene ring substituents is 1. The second kappa shape index (κ2) is 6.81. The van der Waals surface area contributed by atoms with Crippen molar-refractivity contribution in [2.24, 2.45) is 5.73 Å². The molecule has 21 heavy (non-hydrogen) atoms. The van der Waals surface area contributed by atoms with Crippen LogP contribution in [0.3, 0.4) is 0 Å². The zero-order valence-electron chi connectivity index (χ0n) is 11.4. The number of rotatable bonds is 6. The highest BCUT2D eigenvalue weighted by Gasteiger charge is 2.10. The molecule has 0 radical (unpaired) electrons. The molecule has 0 aliphatic heterocycles. The van der Waals surface area contributed by atoms with Crippen LogP contribution in [0.15, 0.2) is 42.5 Å². The molecule has 2 aromatic carbocycles. The van der Waals surface area contributed by atoms with Crippen molar-refractivity contribution in [1.82, 2.24) is 0 Å². The van der Waals surface area contributed by atoms with E-state index in [9.17, 15) is 14.5 Å².